The quantitative estimate of drug-likeness (QED) is 0.655. The molecule has 5 nitrogen and oxygen atoms in total. The fourth-order valence-corrected chi connectivity index (χ4v) is 4.18. The number of carbonyl (C=O) groups excluding carboxylic acids is 2. The molecule has 0 bridgehead atoms. The van der Waals surface area contributed by atoms with Crippen LogP contribution in [0.3, 0.4) is 0 Å². The third kappa shape index (κ3) is 3.88. The average molecular weight is 377 g/mol. The maximum absolute atomic E-state index is 13.1. The maximum Gasteiger partial charge on any atom is 0.262 e. The van der Waals surface area contributed by atoms with Crippen LogP contribution in [-0.2, 0) is 16.0 Å². The minimum Gasteiger partial charge on any atom is -0.365 e. The number of amides is 2. The second-order valence-electron chi connectivity index (χ2n) is 6.46. The molecule has 0 aliphatic carbocycles. The molecule has 2 amide bonds. The molecule has 0 unspecified atom stereocenters. The van der Waals surface area contributed by atoms with Crippen LogP contribution in [0.15, 0.2) is 59.1 Å². The summed E-state index contributed by atoms with van der Waals surface area (Å²) in [6.45, 7) is 3.96. The van der Waals surface area contributed by atoms with E-state index in [1.807, 2.05) is 56.3 Å². The topological polar surface area (TPSA) is 87.2 Å². The predicted molar refractivity (Wildman–Crippen MR) is 107 cm³/mol. The number of rotatable bonds is 4. The van der Waals surface area contributed by atoms with Gasteiger partial charge in [-0.3, -0.25) is 14.5 Å². The highest BCUT2D eigenvalue weighted by atomic mass is 32.2. The Hall–Kier alpha value is -3.04. The lowest BCUT2D eigenvalue weighted by Crippen LogP contribution is -2.31. The van der Waals surface area contributed by atoms with Gasteiger partial charge in [-0.2, -0.15) is 5.26 Å². The Morgan fingerprint density at radius 2 is 1.67 bits per heavy atom. The average Bonchev–Trinajstić information content (AvgIpc) is 2.94. The molecule has 1 saturated heterocycles. The number of hydrogen-bond donors (Lipinski definition) is 1. The fraction of sp³-hybridized carbons (Fsp3) is 0.190. The number of anilines is 1. The Labute approximate surface area is 162 Å². The van der Waals surface area contributed by atoms with Crippen LogP contribution in [0.25, 0.3) is 0 Å². The summed E-state index contributed by atoms with van der Waals surface area (Å²) in [6, 6.07) is 17.2. The number of nitrogens with zero attached hydrogens (tertiary/aromatic N) is 2. The Kier molecular flexibility index (Phi) is 5.33. The van der Waals surface area contributed by atoms with Crippen LogP contribution in [0.4, 0.5) is 5.69 Å². The van der Waals surface area contributed by atoms with Gasteiger partial charge in [-0.15, -0.1) is 0 Å². The zero-order valence-electron chi connectivity index (χ0n) is 15.1. The summed E-state index contributed by atoms with van der Waals surface area (Å²) in [7, 11) is 0. The van der Waals surface area contributed by atoms with E-state index in [9.17, 15) is 14.9 Å². The van der Waals surface area contributed by atoms with Crippen molar-refractivity contribution in [2.45, 2.75) is 25.5 Å². The lowest BCUT2D eigenvalue weighted by molar-refractivity contribution is -0.117. The molecule has 0 radical (unpaired) electrons. The van der Waals surface area contributed by atoms with E-state index in [0.717, 1.165) is 16.7 Å². The van der Waals surface area contributed by atoms with Crippen LogP contribution < -0.4 is 10.6 Å². The van der Waals surface area contributed by atoms with Crippen molar-refractivity contribution in [3.63, 3.8) is 0 Å². The zero-order valence-corrected chi connectivity index (χ0v) is 15.9. The van der Waals surface area contributed by atoms with E-state index in [1.165, 1.54) is 16.7 Å². The Morgan fingerprint density at radius 1 is 1.11 bits per heavy atom. The summed E-state index contributed by atoms with van der Waals surface area (Å²) in [5.41, 5.74) is 9.02. The number of benzene rings is 2. The molecule has 6 heteroatoms. The lowest BCUT2D eigenvalue weighted by Gasteiger charge is -2.18. The van der Waals surface area contributed by atoms with E-state index in [2.05, 4.69) is 0 Å². The van der Waals surface area contributed by atoms with Crippen LogP contribution in [0.1, 0.15) is 16.7 Å². The van der Waals surface area contributed by atoms with Gasteiger partial charge in [0.1, 0.15) is 16.7 Å². The second-order valence-corrected chi connectivity index (χ2v) is 7.65. The Morgan fingerprint density at radius 3 is 2.19 bits per heavy atom. The van der Waals surface area contributed by atoms with E-state index >= 15 is 0 Å². The van der Waals surface area contributed by atoms with E-state index in [-0.39, 0.29) is 11.5 Å². The summed E-state index contributed by atoms with van der Waals surface area (Å²) in [5.74, 6) is -0.991. The predicted octanol–water partition coefficient (Wildman–Crippen LogP) is 3.22. The highest BCUT2D eigenvalue weighted by Gasteiger charge is 2.40. The lowest BCUT2D eigenvalue weighted by atomic mass is 10.1. The summed E-state index contributed by atoms with van der Waals surface area (Å²) >= 11 is 1.22. The van der Waals surface area contributed by atoms with Crippen molar-refractivity contribution in [1.29, 1.82) is 5.26 Å². The van der Waals surface area contributed by atoms with Gasteiger partial charge in [-0.05, 0) is 38.0 Å². The summed E-state index contributed by atoms with van der Waals surface area (Å²) < 4.78 is 0. The number of primary amides is 1. The number of nitriles is 1. The molecule has 1 aliphatic heterocycles. The van der Waals surface area contributed by atoms with Gasteiger partial charge in [-0.1, -0.05) is 59.3 Å². The molecule has 1 aliphatic rings. The van der Waals surface area contributed by atoms with Crippen molar-refractivity contribution >= 4 is 29.3 Å². The number of thioether (sulfide) groups is 1. The number of aryl methyl sites for hydroxylation is 2. The molecule has 2 aromatic carbocycles. The third-order valence-corrected chi connectivity index (χ3v) is 5.62. The molecule has 27 heavy (non-hydrogen) atoms. The molecule has 1 heterocycles. The molecule has 3 rings (SSSR count). The van der Waals surface area contributed by atoms with Crippen molar-refractivity contribution in [1.82, 2.24) is 0 Å². The van der Waals surface area contributed by atoms with Crippen LogP contribution in [0.5, 0.6) is 0 Å². The molecule has 136 valence electrons. The molecule has 0 aromatic heterocycles. The Balaban J connectivity index is 2.01. The van der Waals surface area contributed by atoms with Gasteiger partial charge in [0.2, 0.25) is 5.91 Å². The van der Waals surface area contributed by atoms with Crippen molar-refractivity contribution in [3.8, 4) is 6.07 Å². The van der Waals surface area contributed by atoms with Crippen molar-refractivity contribution in [2.24, 2.45) is 5.73 Å². The van der Waals surface area contributed by atoms with Crippen LogP contribution in [0.2, 0.25) is 0 Å². The molecule has 0 saturated carbocycles. The van der Waals surface area contributed by atoms with E-state index in [1.54, 1.807) is 12.1 Å². The second kappa shape index (κ2) is 7.68. The fourth-order valence-electron chi connectivity index (χ4n) is 2.87. The van der Waals surface area contributed by atoms with Crippen molar-refractivity contribution in [2.75, 3.05) is 4.90 Å². The van der Waals surface area contributed by atoms with Gasteiger partial charge in [0.15, 0.2) is 0 Å². The minimum atomic E-state index is -0.833. The largest absolute Gasteiger partial charge is 0.365 e. The van der Waals surface area contributed by atoms with Crippen molar-refractivity contribution < 1.29 is 9.59 Å². The summed E-state index contributed by atoms with van der Waals surface area (Å²) in [5, 5.41) is 9.28. The highest BCUT2D eigenvalue weighted by molar-refractivity contribution is 8.05. The number of hydrogen-bond acceptors (Lipinski definition) is 4. The van der Waals surface area contributed by atoms with Crippen LogP contribution >= 0.6 is 11.8 Å². The first-order chi connectivity index (χ1) is 12.9. The van der Waals surface area contributed by atoms with Gasteiger partial charge in [0, 0.05) is 5.69 Å². The van der Waals surface area contributed by atoms with E-state index in [0.29, 0.717) is 17.1 Å². The standard InChI is InChI=1S/C21H19N3O2S/c1-13-3-7-15(8-4-13)11-18-20(26)24(16-9-5-14(2)6-10-16)21(27-18)17(12-22)19(23)25/h3-10,18H,11H2,1-2H3,(H2,23,25)/b21-17-/t18-/m1/s1. The normalized spacial score (nSPS) is 18.3. The zero-order chi connectivity index (χ0) is 19.6. The Bertz CT molecular complexity index is 956. The number of nitrogens with two attached hydrogens (primary N) is 1. The van der Waals surface area contributed by atoms with Crippen LogP contribution in [0, 0.1) is 25.2 Å². The first kappa shape index (κ1) is 18.7. The molecule has 2 aromatic rings. The minimum absolute atomic E-state index is 0.159. The molecule has 2 N–H and O–H groups in total. The molecule has 1 atom stereocenters. The summed E-state index contributed by atoms with van der Waals surface area (Å²) in [6.07, 6.45) is 0.507. The maximum atomic E-state index is 13.1. The van der Waals surface area contributed by atoms with E-state index in [4.69, 9.17) is 5.73 Å². The van der Waals surface area contributed by atoms with Gasteiger partial charge in [0.25, 0.3) is 5.91 Å². The monoisotopic (exact) mass is 377 g/mol. The summed E-state index contributed by atoms with van der Waals surface area (Å²) in [4.78, 5) is 26.3. The first-order valence-electron chi connectivity index (χ1n) is 8.47. The van der Waals surface area contributed by atoms with Gasteiger partial charge < -0.3 is 5.73 Å². The van der Waals surface area contributed by atoms with Gasteiger partial charge >= 0.3 is 0 Å². The molecule has 1 fully saturated rings. The number of carbonyl (C=O) groups is 2. The molecular weight excluding hydrogens is 358 g/mol. The third-order valence-electron chi connectivity index (χ3n) is 4.36. The van der Waals surface area contributed by atoms with Gasteiger partial charge in [0.05, 0.1) is 5.25 Å². The van der Waals surface area contributed by atoms with Crippen molar-refractivity contribution in [3.05, 3.63) is 75.8 Å². The van der Waals surface area contributed by atoms with Crippen LogP contribution in [-0.4, -0.2) is 17.1 Å². The smallest absolute Gasteiger partial charge is 0.262 e. The van der Waals surface area contributed by atoms with Gasteiger partial charge in [-0.25, -0.2) is 0 Å². The SMILES string of the molecule is Cc1ccc(C[C@H]2S/C(=C(/C#N)C(N)=O)N(c3ccc(C)cc3)C2=O)cc1. The first-order valence-corrected chi connectivity index (χ1v) is 9.35. The van der Waals surface area contributed by atoms with E-state index < -0.39 is 11.2 Å². The molecular formula is C21H19N3O2S. The molecule has 0 spiro atoms. The highest BCUT2D eigenvalue weighted by Crippen LogP contribution is 2.41.